The molecule has 2 unspecified atom stereocenters. The van der Waals surface area contributed by atoms with Crippen LogP contribution in [0, 0.1) is 6.92 Å². The van der Waals surface area contributed by atoms with Crippen LogP contribution in [0.2, 0.25) is 0 Å². The number of ether oxygens (including phenoxy) is 1. The molecule has 0 saturated carbocycles. The lowest BCUT2D eigenvalue weighted by Gasteiger charge is -2.33. The van der Waals surface area contributed by atoms with Crippen LogP contribution in [-0.2, 0) is 0 Å². The number of unbranched alkanes of at least 4 members (excludes halogenated alkanes) is 2. The van der Waals surface area contributed by atoms with E-state index >= 15 is 0 Å². The number of hydrogen-bond donors (Lipinski definition) is 2. The summed E-state index contributed by atoms with van der Waals surface area (Å²) in [5.41, 5.74) is 8.81. The average Bonchev–Trinajstić information content (AvgIpc) is 3.00. The number of nitrogens with zero attached hydrogens (tertiary/aromatic N) is 1. The number of rotatable bonds is 12. The van der Waals surface area contributed by atoms with Crippen molar-refractivity contribution in [2.45, 2.75) is 71.8 Å². The van der Waals surface area contributed by atoms with Crippen molar-refractivity contribution in [2.75, 3.05) is 23.3 Å². The molecule has 5 rings (SSSR count). The number of fused-ring (bicyclic) bond motifs is 2. The molecule has 0 saturated heterocycles. The maximum atomic E-state index is 11.1. The van der Waals surface area contributed by atoms with E-state index in [4.69, 9.17) is 4.74 Å². The zero-order valence-electron chi connectivity index (χ0n) is 25.0. The van der Waals surface area contributed by atoms with Gasteiger partial charge in [0.2, 0.25) is 0 Å². The molecule has 4 aromatic carbocycles. The van der Waals surface area contributed by atoms with Crippen molar-refractivity contribution in [3.05, 3.63) is 113 Å². The first-order valence-electron chi connectivity index (χ1n) is 15.3. The number of aliphatic hydroxyl groups excluding tert-OH is 1. The lowest BCUT2D eigenvalue weighted by atomic mass is 9.79. The van der Waals surface area contributed by atoms with Gasteiger partial charge in [0.15, 0.2) is 0 Å². The van der Waals surface area contributed by atoms with Gasteiger partial charge in [-0.15, -0.1) is 0 Å². The Kier molecular flexibility index (Phi) is 9.31. The Labute approximate surface area is 246 Å². The maximum absolute atomic E-state index is 11.1. The molecular formula is C37H44N2O2. The van der Waals surface area contributed by atoms with Crippen LogP contribution in [0.5, 0.6) is 11.5 Å². The Bertz CT molecular complexity index is 1440. The first-order chi connectivity index (χ1) is 20.0. The summed E-state index contributed by atoms with van der Waals surface area (Å²) in [6, 6.07) is 29.8. The summed E-state index contributed by atoms with van der Waals surface area (Å²) < 4.78 is 6.72. The van der Waals surface area contributed by atoms with Crippen LogP contribution < -0.4 is 15.0 Å². The highest BCUT2D eigenvalue weighted by Crippen LogP contribution is 2.51. The molecule has 4 aromatic rings. The number of nitrogens with one attached hydrogen (secondary N) is 1. The van der Waals surface area contributed by atoms with E-state index in [1.54, 1.807) is 0 Å². The molecule has 0 radical (unpaired) electrons. The SMILES string of the molecule is CCCCN(CCCC)c1ccc2c(c1)Oc1cc(C)c(Nc3ccccc3)cc1C2c1ccccc1C(O)CC. The van der Waals surface area contributed by atoms with Gasteiger partial charge in [-0.05, 0) is 73.2 Å². The number of aliphatic hydroxyl groups is 1. The summed E-state index contributed by atoms with van der Waals surface area (Å²) in [6.45, 7) is 10.8. The molecule has 4 nitrogen and oxygen atoms in total. The third-order valence-corrected chi connectivity index (χ3v) is 8.23. The molecule has 4 heteroatoms. The van der Waals surface area contributed by atoms with E-state index in [1.165, 1.54) is 31.4 Å². The van der Waals surface area contributed by atoms with E-state index in [9.17, 15) is 5.11 Å². The van der Waals surface area contributed by atoms with Gasteiger partial charge in [-0.25, -0.2) is 0 Å². The van der Waals surface area contributed by atoms with Gasteiger partial charge in [0, 0.05) is 53.3 Å². The van der Waals surface area contributed by atoms with Crippen LogP contribution in [0.15, 0.2) is 84.9 Å². The molecule has 0 fully saturated rings. The molecule has 2 atom stereocenters. The van der Waals surface area contributed by atoms with Crippen LogP contribution in [0.25, 0.3) is 0 Å². The molecule has 1 aliphatic heterocycles. The van der Waals surface area contributed by atoms with Crippen LogP contribution in [0.3, 0.4) is 0 Å². The Morgan fingerprint density at radius 1 is 0.780 bits per heavy atom. The zero-order chi connectivity index (χ0) is 28.8. The fraction of sp³-hybridized carbons (Fsp3) is 0.351. The van der Waals surface area contributed by atoms with E-state index in [-0.39, 0.29) is 5.92 Å². The molecule has 1 aliphatic rings. The summed E-state index contributed by atoms with van der Waals surface area (Å²) in [4.78, 5) is 2.51. The second-order valence-corrected chi connectivity index (χ2v) is 11.2. The summed E-state index contributed by atoms with van der Waals surface area (Å²) in [5.74, 6) is 1.73. The number of para-hydroxylation sites is 1. The van der Waals surface area contributed by atoms with Crippen molar-refractivity contribution in [3.63, 3.8) is 0 Å². The predicted octanol–water partition coefficient (Wildman–Crippen LogP) is 9.87. The first-order valence-corrected chi connectivity index (χ1v) is 15.3. The standard InChI is InChI=1S/C37H44N2O2/c1-5-8-21-39(22-9-6-2)28-19-20-31-36(24-28)41-35-23-26(4)33(38-27-15-11-10-12-16-27)25-32(35)37(31)30-18-14-13-17-29(30)34(40)7-3/h10-20,23-25,34,37-38,40H,5-9,21-22H2,1-4H3. The number of anilines is 3. The number of hydrogen-bond acceptors (Lipinski definition) is 4. The van der Waals surface area contributed by atoms with Gasteiger partial charge in [0.05, 0.1) is 6.10 Å². The van der Waals surface area contributed by atoms with Crippen LogP contribution in [-0.4, -0.2) is 18.2 Å². The lowest BCUT2D eigenvalue weighted by Crippen LogP contribution is -2.26. The molecule has 41 heavy (non-hydrogen) atoms. The monoisotopic (exact) mass is 548 g/mol. The Morgan fingerprint density at radius 2 is 1.46 bits per heavy atom. The Balaban J connectivity index is 1.64. The van der Waals surface area contributed by atoms with Crippen LogP contribution in [0.1, 0.15) is 92.7 Å². The van der Waals surface area contributed by atoms with Gasteiger partial charge < -0.3 is 20.1 Å². The third kappa shape index (κ3) is 6.28. The highest BCUT2D eigenvalue weighted by Gasteiger charge is 2.32. The zero-order valence-corrected chi connectivity index (χ0v) is 25.0. The molecule has 0 aliphatic carbocycles. The highest BCUT2D eigenvalue weighted by atomic mass is 16.5. The van der Waals surface area contributed by atoms with Gasteiger partial charge in [0.1, 0.15) is 11.5 Å². The average molecular weight is 549 g/mol. The van der Waals surface area contributed by atoms with E-state index in [0.717, 1.165) is 63.8 Å². The van der Waals surface area contributed by atoms with Gasteiger partial charge in [0.25, 0.3) is 0 Å². The molecule has 0 amide bonds. The summed E-state index contributed by atoms with van der Waals surface area (Å²) in [7, 11) is 0. The van der Waals surface area contributed by atoms with E-state index in [0.29, 0.717) is 6.42 Å². The molecule has 0 aromatic heterocycles. The number of benzene rings is 4. The van der Waals surface area contributed by atoms with E-state index in [2.05, 4.69) is 91.7 Å². The summed E-state index contributed by atoms with van der Waals surface area (Å²) >= 11 is 0. The largest absolute Gasteiger partial charge is 0.457 e. The molecular weight excluding hydrogens is 504 g/mol. The first kappa shape index (κ1) is 28.8. The van der Waals surface area contributed by atoms with Gasteiger partial charge in [-0.3, -0.25) is 0 Å². The second kappa shape index (κ2) is 13.3. The normalized spacial score (nSPS) is 14.5. The van der Waals surface area contributed by atoms with Gasteiger partial charge in [-0.2, -0.15) is 0 Å². The minimum atomic E-state index is -0.522. The fourth-order valence-corrected chi connectivity index (χ4v) is 5.86. The fourth-order valence-electron chi connectivity index (χ4n) is 5.86. The highest BCUT2D eigenvalue weighted by molar-refractivity contribution is 5.71. The minimum absolute atomic E-state index is 0.0585. The van der Waals surface area contributed by atoms with Gasteiger partial charge >= 0.3 is 0 Å². The predicted molar refractivity (Wildman–Crippen MR) is 172 cm³/mol. The van der Waals surface area contributed by atoms with Crippen molar-refractivity contribution in [1.82, 2.24) is 0 Å². The maximum Gasteiger partial charge on any atom is 0.133 e. The molecule has 0 spiro atoms. The number of aryl methyl sites for hydroxylation is 1. The van der Waals surface area contributed by atoms with Crippen molar-refractivity contribution in [1.29, 1.82) is 0 Å². The van der Waals surface area contributed by atoms with E-state index in [1.807, 2.05) is 31.2 Å². The quantitative estimate of drug-likeness (QED) is 0.163. The van der Waals surface area contributed by atoms with Crippen LogP contribution in [0.4, 0.5) is 17.1 Å². The topological polar surface area (TPSA) is 44.7 Å². The minimum Gasteiger partial charge on any atom is -0.457 e. The van der Waals surface area contributed by atoms with Crippen molar-refractivity contribution >= 4 is 17.1 Å². The van der Waals surface area contributed by atoms with Crippen molar-refractivity contribution in [2.24, 2.45) is 0 Å². The molecule has 1 heterocycles. The van der Waals surface area contributed by atoms with Crippen molar-refractivity contribution < 1.29 is 9.84 Å². The smallest absolute Gasteiger partial charge is 0.133 e. The Morgan fingerprint density at radius 3 is 2.17 bits per heavy atom. The molecule has 2 N–H and O–H groups in total. The van der Waals surface area contributed by atoms with Crippen molar-refractivity contribution in [3.8, 4) is 11.5 Å². The Hall–Kier alpha value is -3.76. The third-order valence-electron chi connectivity index (χ3n) is 8.23. The summed E-state index contributed by atoms with van der Waals surface area (Å²) in [5, 5.41) is 14.7. The van der Waals surface area contributed by atoms with Gasteiger partial charge in [-0.1, -0.05) is 82.1 Å². The lowest BCUT2D eigenvalue weighted by molar-refractivity contribution is 0.172. The molecule has 214 valence electrons. The van der Waals surface area contributed by atoms with Crippen LogP contribution >= 0.6 is 0 Å². The second-order valence-electron chi connectivity index (χ2n) is 11.2. The van der Waals surface area contributed by atoms with E-state index < -0.39 is 6.10 Å². The summed E-state index contributed by atoms with van der Waals surface area (Å²) in [6.07, 6.45) is 4.84. The molecule has 0 bridgehead atoms.